The molecule has 0 saturated carbocycles. The number of hydrogen-bond acceptors (Lipinski definition) is 15. The molecule has 0 bridgehead atoms. The average Bonchev–Trinajstić information content (AvgIpc) is 1.71. The van der Waals surface area contributed by atoms with Crippen molar-refractivity contribution in [3.63, 3.8) is 0 Å². The highest BCUT2D eigenvalue weighted by molar-refractivity contribution is 14.1. The van der Waals surface area contributed by atoms with E-state index in [0.717, 1.165) is 49.5 Å². The van der Waals surface area contributed by atoms with E-state index >= 15 is 13.2 Å². The lowest BCUT2D eigenvalue weighted by atomic mass is 9.81. The summed E-state index contributed by atoms with van der Waals surface area (Å²) < 4.78 is 115. The van der Waals surface area contributed by atoms with Gasteiger partial charge in [-0.3, -0.25) is 4.79 Å². The summed E-state index contributed by atoms with van der Waals surface area (Å²) in [6, 6.07) is 6.86. The molecule has 0 aliphatic carbocycles. The second kappa shape index (κ2) is 33.5. The van der Waals surface area contributed by atoms with Gasteiger partial charge in [0.15, 0.2) is 57.2 Å². The van der Waals surface area contributed by atoms with Gasteiger partial charge in [-0.05, 0) is 182 Å². The molecule has 15 nitrogen and oxygen atoms in total. The van der Waals surface area contributed by atoms with E-state index in [1.165, 1.54) is 0 Å². The molecule has 5 aliphatic heterocycles. The molecule has 0 aromatic heterocycles. The molecule has 5 fully saturated rings. The van der Waals surface area contributed by atoms with Crippen molar-refractivity contribution in [2.75, 3.05) is 13.7 Å². The van der Waals surface area contributed by atoms with E-state index in [1.807, 2.05) is 11.0 Å². The van der Waals surface area contributed by atoms with Gasteiger partial charge in [0.2, 0.25) is 0 Å². The van der Waals surface area contributed by atoms with Crippen LogP contribution in [-0.2, 0) is 70.0 Å². The van der Waals surface area contributed by atoms with Gasteiger partial charge in [-0.1, -0.05) is 165 Å². The van der Waals surface area contributed by atoms with E-state index < -0.39 is 142 Å². The van der Waals surface area contributed by atoms with E-state index in [0.29, 0.717) is 38.2 Å². The summed E-state index contributed by atoms with van der Waals surface area (Å²) in [7, 11) is -15.4. The van der Waals surface area contributed by atoms with Crippen LogP contribution in [0.5, 0.6) is 0 Å². The number of benzene rings is 1. The second-order valence-corrected chi connectivity index (χ2v) is 64.7. The van der Waals surface area contributed by atoms with Crippen molar-refractivity contribution >= 4 is 86.1 Å². The van der Waals surface area contributed by atoms with Crippen LogP contribution in [0.1, 0.15) is 194 Å². The molecular formula is C77H139IO15SSi5. The van der Waals surface area contributed by atoms with Crippen LogP contribution in [0.3, 0.4) is 0 Å². The van der Waals surface area contributed by atoms with Crippen LogP contribution in [0.15, 0.2) is 51.5 Å². The third-order valence-electron chi connectivity index (χ3n) is 25.3. The Labute approximate surface area is 621 Å². The van der Waals surface area contributed by atoms with Crippen LogP contribution in [0.2, 0.25) is 90.7 Å². The van der Waals surface area contributed by atoms with Crippen LogP contribution in [-0.4, -0.2) is 173 Å². The number of fused-ring (bicyclic) bond motifs is 1. The molecule has 1 aromatic carbocycles. The maximum absolute atomic E-state index is 16.6. The van der Waals surface area contributed by atoms with E-state index in [4.69, 9.17) is 57.1 Å². The molecule has 22 heteroatoms. The minimum Gasteiger partial charge on any atom is -0.414 e. The number of Topliss-reactive ketones (excluding diaryl/α,β-unsaturated/α-hetero) is 1. The fourth-order valence-corrected chi connectivity index (χ4v) is 22.4. The van der Waals surface area contributed by atoms with Crippen molar-refractivity contribution in [3.05, 3.63) is 52.1 Å². The summed E-state index contributed by atoms with van der Waals surface area (Å²) in [6.07, 6.45) is 1.22. The van der Waals surface area contributed by atoms with Crippen molar-refractivity contribution in [1.82, 2.24) is 0 Å². The van der Waals surface area contributed by atoms with E-state index in [-0.39, 0.29) is 67.2 Å². The number of carbonyl (C=O) groups excluding carboxylic acids is 2. The molecule has 5 aliphatic rings. The highest BCUT2D eigenvalue weighted by Gasteiger charge is 2.61. The molecule has 99 heavy (non-hydrogen) atoms. The number of hydrogen-bond donors (Lipinski definition) is 0. The molecule has 5 saturated heterocycles. The molecule has 6 rings (SSSR count). The molecule has 19 atom stereocenters. The zero-order valence-corrected chi connectivity index (χ0v) is 75.1. The van der Waals surface area contributed by atoms with Gasteiger partial charge < -0.3 is 55.3 Å². The van der Waals surface area contributed by atoms with Gasteiger partial charge in [-0.15, -0.1) is 0 Å². The maximum atomic E-state index is 16.6. The first-order valence-electron chi connectivity index (χ1n) is 37.5. The van der Waals surface area contributed by atoms with Gasteiger partial charge in [0.25, 0.3) is 0 Å². The Hall–Kier alpha value is -0.636. The zero-order chi connectivity index (χ0) is 75.0. The van der Waals surface area contributed by atoms with E-state index in [1.54, 1.807) is 31.4 Å². The van der Waals surface area contributed by atoms with Crippen molar-refractivity contribution in [2.45, 2.75) is 388 Å². The number of rotatable bonds is 30. The van der Waals surface area contributed by atoms with Crippen LogP contribution in [0.25, 0.3) is 0 Å². The first kappa shape index (κ1) is 87.3. The Morgan fingerprint density at radius 1 is 0.646 bits per heavy atom. The fourth-order valence-electron chi connectivity index (χ4n) is 13.8. The van der Waals surface area contributed by atoms with Crippen LogP contribution in [0, 0.1) is 24.7 Å². The number of ether oxygens (including phenoxy) is 6. The topological polar surface area (TPSA) is 170 Å². The number of carbonyl (C=O) groups is 2. The van der Waals surface area contributed by atoms with Crippen molar-refractivity contribution in [1.29, 1.82) is 0 Å². The van der Waals surface area contributed by atoms with Gasteiger partial charge in [-0.25, -0.2) is 8.42 Å². The first-order chi connectivity index (χ1) is 45.1. The number of halogens is 1. The fraction of sp³-hybridized carbons (Fsp3) is 0.844. The summed E-state index contributed by atoms with van der Waals surface area (Å²) in [4.78, 5) is 28.0. The lowest BCUT2D eigenvalue weighted by Gasteiger charge is -2.56. The maximum Gasteiger partial charge on any atom is 0.193 e. The number of aryl methyl sites for hydroxylation is 1. The van der Waals surface area contributed by atoms with Gasteiger partial charge in [0.05, 0.1) is 78.6 Å². The summed E-state index contributed by atoms with van der Waals surface area (Å²) in [5, 5.41) is -2.36. The number of aldehydes is 1. The molecule has 5 heterocycles. The molecular weight excluding hydrogens is 1460 g/mol. The third kappa shape index (κ3) is 21.4. The first-order valence-corrected chi connectivity index (χ1v) is 54.8. The minimum absolute atomic E-state index is 0.0484. The number of methoxy groups -OCH3 is 1. The Kier molecular flexibility index (Phi) is 29.5. The zero-order valence-electron chi connectivity index (χ0n) is 67.1. The summed E-state index contributed by atoms with van der Waals surface area (Å²) >= 11 is 2.29. The Bertz CT molecular complexity index is 2960. The average molecular weight is 1600 g/mol. The van der Waals surface area contributed by atoms with Gasteiger partial charge in [0, 0.05) is 38.7 Å². The summed E-state index contributed by atoms with van der Waals surface area (Å²) in [6.45, 7) is 67.7. The SMILES string of the molecule is C=C1[C@H](C)C[C@H](CC[C@@H]2O[C@@H](CCC=O)CC2C)O[C@@H]1C[C@@H]1O[C@H](C[C@@H](CO[Si](C)(C)C(C)(C)C)O[Si](C)(C)C(C)(C)C)[C@H](OC)C1C(C(=O)C[C@H]1CC[C@@H]2O[C@@H](C(/C=C/I)O[Si](C)(C)C(C)(C)C)C(O[Si](C)(C)C(C)(C)C)C(O[Si](C)(C)C(C)(C)C)[C@H]2O1)S(=O)(=O)c1ccc(C)cc1. The monoisotopic (exact) mass is 1600 g/mol. The Balaban J connectivity index is 1.50. The van der Waals surface area contributed by atoms with E-state index in [9.17, 15) is 4.79 Å². The number of sulfone groups is 1. The smallest absolute Gasteiger partial charge is 0.193 e. The summed E-state index contributed by atoms with van der Waals surface area (Å²) in [5.41, 5.74) is 1.80. The quantitative estimate of drug-likeness (QED) is 0.0308. The van der Waals surface area contributed by atoms with Crippen molar-refractivity contribution in [3.8, 4) is 0 Å². The highest BCUT2D eigenvalue weighted by Crippen LogP contribution is 2.51. The van der Waals surface area contributed by atoms with Gasteiger partial charge in [-0.2, -0.15) is 0 Å². The predicted molar refractivity (Wildman–Crippen MR) is 424 cm³/mol. The number of ketones is 1. The second-order valence-electron chi connectivity index (χ2n) is 38.1. The lowest BCUT2D eigenvalue weighted by Crippen LogP contribution is -2.69. The molecule has 6 unspecified atom stereocenters. The molecule has 0 amide bonds. The normalized spacial score (nSPS) is 30.9. The van der Waals surface area contributed by atoms with E-state index in [2.05, 4.69) is 212 Å². The minimum atomic E-state index is -4.53. The van der Waals surface area contributed by atoms with Crippen molar-refractivity contribution in [2.24, 2.45) is 17.8 Å². The highest BCUT2D eigenvalue weighted by atomic mass is 127. The molecule has 570 valence electrons. The largest absolute Gasteiger partial charge is 0.414 e. The van der Waals surface area contributed by atoms with Crippen molar-refractivity contribution < 1.29 is 68.6 Å². The summed E-state index contributed by atoms with van der Waals surface area (Å²) in [5.74, 6) is -1.07. The molecule has 0 radical (unpaired) electrons. The van der Waals surface area contributed by atoms with Crippen LogP contribution >= 0.6 is 22.6 Å². The molecule has 0 N–H and O–H groups in total. The van der Waals surface area contributed by atoms with Gasteiger partial charge in [0.1, 0.15) is 36.0 Å². The predicted octanol–water partition coefficient (Wildman–Crippen LogP) is 19.0. The third-order valence-corrected chi connectivity index (χ3v) is 50.4. The molecule has 1 aromatic rings. The van der Waals surface area contributed by atoms with Gasteiger partial charge >= 0.3 is 0 Å². The Morgan fingerprint density at radius 2 is 1.19 bits per heavy atom. The Morgan fingerprint density at radius 3 is 1.73 bits per heavy atom. The lowest BCUT2D eigenvalue weighted by molar-refractivity contribution is -0.266. The van der Waals surface area contributed by atoms with Crippen LogP contribution < -0.4 is 0 Å². The van der Waals surface area contributed by atoms with Crippen LogP contribution in [0.4, 0.5) is 0 Å². The molecule has 0 spiro atoms. The standard InChI is InChI=1S/C77H139IO15SSi5/c1-50-33-37-58(38-34-50)94(81,82)72(59(80)46-56-36-40-61-68(87-56)70(92-98(27,28)76(14,15)16)71(93-99(29,30)77(17,18)19)69(89-61)62(41-42-78)91-97(25,26)75(11,12)13)66-64(48-63-53(4)51(2)44-55(86-63)35-39-60-52(3)45-54(85-60)32-31-43-79)88-65(67(66)83-20)47-57(90-96(23,24)74(8,9)10)49-84-95(21,22)73(5,6)7/h33-34,37-38,41-43,51-52,54-57,60-72H,4,31-32,35-36,39-40,44-49H2,1-3,5-30H3/b42-41+/t51-,52?,54+,55+,56-,57+,60+,61+,62?,63-,64+,65-,66?,67+,68+,69+,70?,71?,72?/m1/s1.